The van der Waals surface area contributed by atoms with Gasteiger partial charge in [-0.2, -0.15) is 10.1 Å². The Labute approximate surface area is 186 Å². The summed E-state index contributed by atoms with van der Waals surface area (Å²) in [5, 5.41) is 8.77. The summed E-state index contributed by atoms with van der Waals surface area (Å²) in [5.41, 5.74) is 1.97. The summed E-state index contributed by atoms with van der Waals surface area (Å²) in [5.74, 6) is 1.56. The quantitative estimate of drug-likeness (QED) is 0.572. The first-order chi connectivity index (χ1) is 15.5. The van der Waals surface area contributed by atoms with Crippen molar-refractivity contribution in [3.8, 4) is 11.5 Å². The number of piperidine rings is 1. The summed E-state index contributed by atoms with van der Waals surface area (Å²) in [4.78, 5) is 19.8. The van der Waals surface area contributed by atoms with Crippen LogP contribution in [0.25, 0.3) is 11.5 Å². The van der Waals surface area contributed by atoms with Crippen molar-refractivity contribution >= 4 is 5.91 Å². The van der Waals surface area contributed by atoms with Crippen LogP contribution in [0.2, 0.25) is 0 Å². The third-order valence-electron chi connectivity index (χ3n) is 6.88. The maximum Gasteiger partial charge on any atom is 0.257 e. The topological polar surface area (TPSA) is 77.0 Å². The van der Waals surface area contributed by atoms with Crippen LogP contribution in [0, 0.1) is 18.7 Å². The van der Waals surface area contributed by atoms with Gasteiger partial charge >= 0.3 is 0 Å². The molecule has 0 unspecified atom stereocenters. The van der Waals surface area contributed by atoms with Gasteiger partial charge in [-0.3, -0.25) is 9.48 Å². The Morgan fingerprint density at radius 1 is 1.22 bits per heavy atom. The number of amides is 1. The van der Waals surface area contributed by atoms with Crippen molar-refractivity contribution in [2.24, 2.45) is 5.92 Å². The van der Waals surface area contributed by atoms with Gasteiger partial charge in [0.25, 0.3) is 11.8 Å². The largest absolute Gasteiger partial charge is 0.338 e. The number of carbonyl (C=O) groups excluding carboxylic acids is 1. The second kappa shape index (κ2) is 8.15. The van der Waals surface area contributed by atoms with Crippen LogP contribution in [0.3, 0.4) is 0 Å². The van der Waals surface area contributed by atoms with Crippen molar-refractivity contribution in [2.75, 3.05) is 13.1 Å². The van der Waals surface area contributed by atoms with Gasteiger partial charge in [0.15, 0.2) is 5.82 Å². The molecular weight excluding hydrogens is 409 g/mol. The molecule has 0 atom stereocenters. The normalized spacial score (nSPS) is 18.2. The van der Waals surface area contributed by atoms with Crippen LogP contribution < -0.4 is 0 Å². The Hall–Kier alpha value is -3.03. The monoisotopic (exact) mass is 437 g/mol. The molecule has 3 aromatic rings. The first-order valence-electron chi connectivity index (χ1n) is 11.4. The van der Waals surface area contributed by atoms with Crippen LogP contribution >= 0.6 is 0 Å². The predicted molar refractivity (Wildman–Crippen MR) is 116 cm³/mol. The van der Waals surface area contributed by atoms with Crippen molar-refractivity contribution in [3.63, 3.8) is 0 Å². The van der Waals surface area contributed by atoms with Crippen molar-refractivity contribution in [3.05, 3.63) is 53.4 Å². The third kappa shape index (κ3) is 3.94. The lowest BCUT2D eigenvalue weighted by atomic mass is 9.73. The molecular formula is C24H28FN5O2. The second-order valence-electron chi connectivity index (χ2n) is 9.13. The molecule has 1 saturated carbocycles. The highest BCUT2D eigenvalue weighted by Gasteiger charge is 2.45. The number of hydrogen-bond acceptors (Lipinski definition) is 5. The van der Waals surface area contributed by atoms with E-state index in [1.165, 1.54) is 25.0 Å². The zero-order chi connectivity index (χ0) is 22.3. The first kappa shape index (κ1) is 20.8. The van der Waals surface area contributed by atoms with E-state index in [1.807, 2.05) is 24.9 Å². The van der Waals surface area contributed by atoms with Crippen LogP contribution in [0.4, 0.5) is 4.39 Å². The Bertz CT molecular complexity index is 1110. The highest BCUT2D eigenvalue weighted by atomic mass is 19.1. The molecule has 1 aliphatic heterocycles. The van der Waals surface area contributed by atoms with E-state index >= 15 is 0 Å². The lowest BCUT2D eigenvalue weighted by Gasteiger charge is -2.40. The van der Waals surface area contributed by atoms with Crippen LogP contribution in [-0.2, 0) is 12.0 Å². The van der Waals surface area contributed by atoms with E-state index in [2.05, 4.69) is 10.3 Å². The smallest absolute Gasteiger partial charge is 0.257 e. The van der Waals surface area contributed by atoms with Gasteiger partial charge in [-0.05, 0) is 63.3 Å². The lowest BCUT2D eigenvalue weighted by Crippen LogP contribution is -2.46. The molecule has 0 spiro atoms. The first-order valence-corrected chi connectivity index (χ1v) is 11.4. The molecule has 32 heavy (non-hydrogen) atoms. The van der Waals surface area contributed by atoms with Crippen LogP contribution in [0.1, 0.15) is 60.9 Å². The molecule has 5 rings (SSSR count). The molecule has 2 aromatic heterocycles. The summed E-state index contributed by atoms with van der Waals surface area (Å²) in [7, 11) is 0. The molecule has 0 radical (unpaired) electrons. The van der Waals surface area contributed by atoms with Crippen LogP contribution in [0.15, 0.2) is 35.0 Å². The van der Waals surface area contributed by atoms with Crippen LogP contribution in [-0.4, -0.2) is 43.8 Å². The number of nitrogens with zero attached hydrogens (tertiary/aromatic N) is 5. The number of aryl methyl sites for hydroxylation is 2. The van der Waals surface area contributed by atoms with E-state index < -0.39 is 0 Å². The highest BCUT2D eigenvalue weighted by molar-refractivity contribution is 5.95. The molecule has 2 aliphatic rings. The molecule has 1 saturated heterocycles. The van der Waals surface area contributed by atoms with E-state index in [-0.39, 0.29) is 17.1 Å². The SMILES string of the molecule is CCn1cc(C(=O)N2CCC(CC3CC3)(c3noc(-c4ccc(F)cc4)n3)CC2)c(C)n1. The fourth-order valence-corrected chi connectivity index (χ4v) is 4.74. The molecule has 1 aliphatic carbocycles. The van der Waals surface area contributed by atoms with Gasteiger partial charge in [0.05, 0.1) is 11.3 Å². The fourth-order valence-electron chi connectivity index (χ4n) is 4.74. The van der Waals surface area contributed by atoms with Crippen molar-refractivity contribution in [2.45, 2.75) is 57.9 Å². The summed E-state index contributed by atoms with van der Waals surface area (Å²) in [6.45, 7) is 5.95. The molecule has 168 valence electrons. The van der Waals surface area contributed by atoms with E-state index in [4.69, 9.17) is 9.51 Å². The van der Waals surface area contributed by atoms with Crippen LogP contribution in [0.5, 0.6) is 0 Å². The average Bonchev–Trinajstić information content (AvgIpc) is 3.32. The van der Waals surface area contributed by atoms with E-state index in [1.54, 1.807) is 16.8 Å². The summed E-state index contributed by atoms with van der Waals surface area (Å²) < 4.78 is 20.7. The Kier molecular flexibility index (Phi) is 5.31. The zero-order valence-electron chi connectivity index (χ0n) is 18.6. The minimum Gasteiger partial charge on any atom is -0.338 e. The third-order valence-corrected chi connectivity index (χ3v) is 6.88. The lowest BCUT2D eigenvalue weighted by molar-refractivity contribution is 0.0644. The summed E-state index contributed by atoms with van der Waals surface area (Å²) in [6, 6.07) is 6.10. The molecule has 8 heteroatoms. The fraction of sp³-hybridized carbons (Fsp3) is 0.500. The predicted octanol–water partition coefficient (Wildman–Crippen LogP) is 4.37. The van der Waals surface area contributed by atoms with Gasteiger partial charge in [0, 0.05) is 36.8 Å². The molecule has 0 bridgehead atoms. The van der Waals surface area contributed by atoms with Crippen molar-refractivity contribution < 1.29 is 13.7 Å². The maximum atomic E-state index is 13.3. The number of benzene rings is 1. The maximum absolute atomic E-state index is 13.3. The number of hydrogen-bond donors (Lipinski definition) is 0. The standard InChI is InChI=1S/C24H28FN5O2/c1-3-30-15-20(16(2)27-30)22(31)29-12-10-24(11-13-29,14-17-4-5-17)23-26-21(32-28-23)18-6-8-19(25)9-7-18/h6-9,15,17H,3-5,10-14H2,1-2H3. The molecule has 1 aromatic carbocycles. The summed E-state index contributed by atoms with van der Waals surface area (Å²) in [6.07, 6.45) is 6.95. The molecule has 3 heterocycles. The number of carbonyl (C=O) groups is 1. The molecule has 0 N–H and O–H groups in total. The molecule has 7 nitrogen and oxygen atoms in total. The Morgan fingerprint density at radius 3 is 2.56 bits per heavy atom. The van der Waals surface area contributed by atoms with Gasteiger partial charge in [-0.25, -0.2) is 4.39 Å². The average molecular weight is 438 g/mol. The van der Waals surface area contributed by atoms with Gasteiger partial charge in [-0.15, -0.1) is 0 Å². The Morgan fingerprint density at radius 2 is 1.94 bits per heavy atom. The van der Waals surface area contributed by atoms with Gasteiger partial charge in [0.1, 0.15) is 5.82 Å². The van der Waals surface area contributed by atoms with E-state index in [9.17, 15) is 9.18 Å². The van der Waals surface area contributed by atoms with Crippen molar-refractivity contribution in [1.29, 1.82) is 0 Å². The van der Waals surface area contributed by atoms with Gasteiger partial charge in [-0.1, -0.05) is 18.0 Å². The highest BCUT2D eigenvalue weighted by Crippen LogP contribution is 2.47. The Balaban J connectivity index is 1.35. The van der Waals surface area contributed by atoms with Crippen molar-refractivity contribution in [1.82, 2.24) is 24.8 Å². The van der Waals surface area contributed by atoms with Gasteiger partial charge in [0.2, 0.25) is 0 Å². The number of rotatable bonds is 6. The van der Waals surface area contributed by atoms with E-state index in [0.29, 0.717) is 41.8 Å². The molecule has 2 fully saturated rings. The number of aromatic nitrogens is 4. The van der Waals surface area contributed by atoms with Gasteiger partial charge < -0.3 is 9.42 Å². The minimum atomic E-state index is -0.296. The number of likely N-dealkylation sites (tertiary alicyclic amines) is 1. The number of halogens is 1. The molecule has 1 amide bonds. The summed E-state index contributed by atoms with van der Waals surface area (Å²) >= 11 is 0. The van der Waals surface area contributed by atoms with E-state index in [0.717, 1.165) is 31.5 Å². The second-order valence-corrected chi connectivity index (χ2v) is 9.13. The zero-order valence-corrected chi connectivity index (χ0v) is 18.6. The minimum absolute atomic E-state index is 0.0438.